The first-order valence-electron chi connectivity index (χ1n) is 5.65. The van der Waals surface area contributed by atoms with E-state index in [9.17, 15) is 0 Å². The van der Waals surface area contributed by atoms with Gasteiger partial charge in [0, 0.05) is 12.4 Å². The largest absolute Gasteiger partial charge is 0.493 e. The monoisotopic (exact) mass is 353 g/mol. The molecule has 0 fully saturated rings. The van der Waals surface area contributed by atoms with Gasteiger partial charge in [-0.2, -0.15) is 4.98 Å². The molecule has 0 unspecified atom stereocenters. The number of methoxy groups -OCH3 is 1. The van der Waals surface area contributed by atoms with Gasteiger partial charge in [0.2, 0.25) is 5.28 Å². The fourth-order valence-electron chi connectivity index (χ4n) is 1.83. The maximum absolute atomic E-state index is 5.90. The Morgan fingerprint density at radius 2 is 2.25 bits per heavy atom. The summed E-state index contributed by atoms with van der Waals surface area (Å²) in [5, 5.41) is 7.32. The van der Waals surface area contributed by atoms with E-state index in [1.54, 1.807) is 24.0 Å². The van der Waals surface area contributed by atoms with Crippen LogP contribution in [-0.4, -0.2) is 26.7 Å². The summed E-state index contributed by atoms with van der Waals surface area (Å²) in [7, 11) is 1.60. The van der Waals surface area contributed by atoms with Crippen LogP contribution in [0.15, 0.2) is 35.1 Å². The number of nitrogens with one attached hydrogen (secondary N) is 1. The van der Waals surface area contributed by atoms with Gasteiger partial charge in [-0.15, -0.1) is 5.10 Å². The van der Waals surface area contributed by atoms with Crippen LogP contribution in [-0.2, 0) is 0 Å². The Morgan fingerprint density at radius 1 is 1.40 bits per heavy atom. The molecule has 0 aliphatic rings. The highest BCUT2D eigenvalue weighted by Crippen LogP contribution is 2.34. The summed E-state index contributed by atoms with van der Waals surface area (Å²) < 4.78 is 7.75. The molecule has 8 heteroatoms. The molecular weight excluding hydrogens is 346 g/mol. The molecule has 0 aliphatic carbocycles. The minimum Gasteiger partial charge on any atom is -0.493 e. The van der Waals surface area contributed by atoms with Crippen LogP contribution in [0.25, 0.3) is 5.65 Å². The van der Waals surface area contributed by atoms with Gasteiger partial charge in [-0.05, 0) is 39.7 Å². The first-order chi connectivity index (χ1) is 9.69. The van der Waals surface area contributed by atoms with Crippen molar-refractivity contribution in [2.45, 2.75) is 0 Å². The summed E-state index contributed by atoms with van der Waals surface area (Å²) in [5.41, 5.74) is 1.33. The molecule has 3 aromatic rings. The highest BCUT2D eigenvalue weighted by Gasteiger charge is 2.12. The lowest BCUT2D eigenvalue weighted by Gasteiger charge is -2.12. The summed E-state index contributed by atoms with van der Waals surface area (Å²) in [6.07, 6.45) is 3.33. The Hall–Kier alpha value is -1.86. The zero-order valence-corrected chi connectivity index (χ0v) is 12.7. The predicted octanol–water partition coefficient (Wildman–Crippen LogP) is 3.29. The summed E-state index contributed by atoms with van der Waals surface area (Å²) >= 11 is 9.33. The number of hydrogen-bond acceptors (Lipinski definition) is 5. The number of benzene rings is 1. The van der Waals surface area contributed by atoms with Crippen LogP contribution in [0.4, 0.5) is 11.5 Å². The Kier molecular flexibility index (Phi) is 3.45. The molecule has 0 saturated heterocycles. The molecule has 2 aromatic heterocycles. The topological polar surface area (TPSA) is 64.3 Å². The number of rotatable bonds is 3. The van der Waals surface area contributed by atoms with Gasteiger partial charge < -0.3 is 10.1 Å². The molecule has 0 amide bonds. The van der Waals surface area contributed by atoms with Gasteiger partial charge in [-0.1, -0.05) is 6.07 Å². The Bertz CT molecular complexity index is 776. The number of ether oxygens (including phenoxy) is 1. The fourth-order valence-corrected chi connectivity index (χ4v) is 2.52. The molecule has 0 spiro atoms. The predicted molar refractivity (Wildman–Crippen MR) is 79.8 cm³/mol. The number of halogens is 2. The van der Waals surface area contributed by atoms with Gasteiger partial charge in [0.1, 0.15) is 0 Å². The van der Waals surface area contributed by atoms with E-state index >= 15 is 0 Å². The third kappa shape index (κ3) is 2.30. The first-order valence-corrected chi connectivity index (χ1v) is 6.82. The third-order valence-electron chi connectivity index (χ3n) is 2.65. The average Bonchev–Trinajstić information content (AvgIpc) is 2.87. The van der Waals surface area contributed by atoms with Crippen molar-refractivity contribution in [1.29, 1.82) is 0 Å². The maximum Gasteiger partial charge on any atom is 0.243 e. The Balaban J connectivity index is 2.10. The van der Waals surface area contributed by atoms with Gasteiger partial charge in [0.25, 0.3) is 0 Å². The van der Waals surface area contributed by atoms with E-state index in [0.717, 1.165) is 10.2 Å². The zero-order chi connectivity index (χ0) is 14.1. The second-order valence-corrected chi connectivity index (χ2v) is 5.06. The minimum absolute atomic E-state index is 0.131. The van der Waals surface area contributed by atoms with Crippen molar-refractivity contribution >= 4 is 44.7 Å². The number of hydrogen-bond donors (Lipinski definition) is 1. The summed E-state index contributed by atoms with van der Waals surface area (Å²) in [4.78, 5) is 8.36. The quantitative estimate of drug-likeness (QED) is 0.782. The van der Waals surface area contributed by atoms with E-state index < -0.39 is 0 Å². The molecule has 20 heavy (non-hydrogen) atoms. The van der Waals surface area contributed by atoms with E-state index in [2.05, 4.69) is 36.3 Å². The van der Waals surface area contributed by atoms with Crippen molar-refractivity contribution in [2.24, 2.45) is 0 Å². The Labute approximate surface area is 127 Å². The number of imidazole rings is 1. The number of aromatic nitrogens is 4. The standard InChI is InChI=1S/C12H9BrClN5O/c1-20-9-7(13)3-2-4-8(9)16-10-11-15-5-6-19(11)18-12(14)17-10/h2-6H,1H3,(H,16,17,18). The van der Waals surface area contributed by atoms with E-state index in [-0.39, 0.29) is 5.28 Å². The average molecular weight is 355 g/mol. The Morgan fingerprint density at radius 3 is 3.05 bits per heavy atom. The minimum atomic E-state index is 0.131. The van der Waals surface area contributed by atoms with E-state index in [1.807, 2.05) is 18.2 Å². The molecule has 0 saturated carbocycles. The van der Waals surface area contributed by atoms with Crippen LogP contribution in [0.3, 0.4) is 0 Å². The van der Waals surface area contributed by atoms with Gasteiger partial charge >= 0.3 is 0 Å². The van der Waals surface area contributed by atoms with Crippen LogP contribution >= 0.6 is 27.5 Å². The summed E-state index contributed by atoms with van der Waals surface area (Å²) in [6, 6.07) is 5.65. The fraction of sp³-hybridized carbons (Fsp3) is 0.0833. The number of fused-ring (bicyclic) bond motifs is 1. The maximum atomic E-state index is 5.90. The molecule has 0 radical (unpaired) electrons. The zero-order valence-electron chi connectivity index (χ0n) is 10.3. The number of anilines is 2. The lowest BCUT2D eigenvalue weighted by molar-refractivity contribution is 0.414. The molecule has 0 atom stereocenters. The molecule has 2 heterocycles. The van der Waals surface area contributed by atoms with Crippen molar-refractivity contribution in [3.63, 3.8) is 0 Å². The molecule has 3 rings (SSSR count). The highest BCUT2D eigenvalue weighted by atomic mass is 79.9. The second kappa shape index (κ2) is 5.26. The molecule has 102 valence electrons. The van der Waals surface area contributed by atoms with Gasteiger partial charge in [-0.3, -0.25) is 0 Å². The lowest BCUT2D eigenvalue weighted by atomic mass is 10.3. The normalized spacial score (nSPS) is 10.8. The summed E-state index contributed by atoms with van der Waals surface area (Å²) in [5.74, 6) is 1.18. The van der Waals surface area contributed by atoms with Crippen molar-refractivity contribution in [3.8, 4) is 5.75 Å². The number of para-hydroxylation sites is 1. The third-order valence-corrected chi connectivity index (χ3v) is 3.44. The summed E-state index contributed by atoms with van der Waals surface area (Å²) in [6.45, 7) is 0. The van der Waals surface area contributed by atoms with Crippen LogP contribution < -0.4 is 10.1 Å². The van der Waals surface area contributed by atoms with Crippen LogP contribution in [0.1, 0.15) is 0 Å². The van der Waals surface area contributed by atoms with Crippen LogP contribution in [0.2, 0.25) is 5.28 Å². The van der Waals surface area contributed by atoms with Gasteiger partial charge in [0.05, 0.1) is 17.3 Å². The van der Waals surface area contributed by atoms with E-state index in [0.29, 0.717) is 17.2 Å². The molecule has 0 bridgehead atoms. The number of nitrogens with zero attached hydrogens (tertiary/aromatic N) is 4. The van der Waals surface area contributed by atoms with E-state index in [4.69, 9.17) is 16.3 Å². The molecular formula is C12H9BrClN5O. The molecule has 6 nitrogen and oxygen atoms in total. The highest BCUT2D eigenvalue weighted by molar-refractivity contribution is 9.10. The molecule has 1 N–H and O–H groups in total. The van der Waals surface area contributed by atoms with Gasteiger partial charge in [-0.25, -0.2) is 9.50 Å². The van der Waals surface area contributed by atoms with Gasteiger partial charge in [0.15, 0.2) is 17.2 Å². The van der Waals surface area contributed by atoms with Crippen molar-refractivity contribution in [3.05, 3.63) is 40.3 Å². The second-order valence-electron chi connectivity index (χ2n) is 3.87. The van der Waals surface area contributed by atoms with Crippen molar-refractivity contribution in [1.82, 2.24) is 19.6 Å². The molecule has 1 aromatic carbocycles. The first kappa shape index (κ1) is 13.1. The smallest absolute Gasteiger partial charge is 0.243 e. The van der Waals surface area contributed by atoms with Crippen molar-refractivity contribution in [2.75, 3.05) is 12.4 Å². The lowest BCUT2D eigenvalue weighted by Crippen LogP contribution is -2.03. The van der Waals surface area contributed by atoms with Crippen LogP contribution in [0, 0.1) is 0 Å². The van der Waals surface area contributed by atoms with Crippen molar-refractivity contribution < 1.29 is 4.74 Å². The van der Waals surface area contributed by atoms with Crippen LogP contribution in [0.5, 0.6) is 5.75 Å². The van der Waals surface area contributed by atoms with E-state index in [1.165, 1.54) is 0 Å². The SMILES string of the molecule is COc1c(Br)cccc1Nc1nc(Cl)nn2ccnc12. The molecule has 0 aliphatic heterocycles.